The fraction of sp³-hybridized carbons (Fsp3) is 0.294. The monoisotopic (exact) mass is 419 g/mol. The van der Waals surface area contributed by atoms with E-state index in [0.717, 1.165) is 11.3 Å². The van der Waals surface area contributed by atoms with Crippen molar-refractivity contribution in [2.24, 2.45) is 0 Å². The molecular formula is C17H17N5O6S. The summed E-state index contributed by atoms with van der Waals surface area (Å²) in [6, 6.07) is 1.44. The van der Waals surface area contributed by atoms with Crippen molar-refractivity contribution in [3.05, 3.63) is 32.7 Å². The molecule has 0 spiro atoms. The molecule has 0 aliphatic heterocycles. The molecule has 0 aliphatic carbocycles. The normalized spacial score (nSPS) is 10.6. The van der Waals surface area contributed by atoms with Crippen molar-refractivity contribution in [2.45, 2.75) is 13.8 Å². The van der Waals surface area contributed by atoms with Crippen molar-refractivity contribution in [1.82, 2.24) is 19.9 Å². The fourth-order valence-corrected chi connectivity index (χ4v) is 3.59. The highest BCUT2D eigenvalue weighted by atomic mass is 32.1. The zero-order valence-corrected chi connectivity index (χ0v) is 16.8. The van der Waals surface area contributed by atoms with Crippen LogP contribution in [-0.4, -0.2) is 52.6 Å². The van der Waals surface area contributed by atoms with Crippen LogP contribution in [0.4, 0.5) is 5.95 Å². The Hall–Kier alpha value is -3.54. The molecule has 3 aromatic rings. The Morgan fingerprint density at radius 2 is 1.79 bits per heavy atom. The van der Waals surface area contributed by atoms with E-state index in [1.807, 2.05) is 0 Å². The molecule has 3 aromatic heterocycles. The molecule has 12 heteroatoms. The number of aromatic nitrogens is 4. The van der Waals surface area contributed by atoms with Gasteiger partial charge < -0.3 is 19.2 Å². The predicted octanol–water partition coefficient (Wildman–Crippen LogP) is 1.20. The van der Waals surface area contributed by atoms with E-state index in [-0.39, 0.29) is 28.1 Å². The van der Waals surface area contributed by atoms with Gasteiger partial charge in [0.2, 0.25) is 17.7 Å². The van der Waals surface area contributed by atoms with Crippen molar-refractivity contribution >= 4 is 39.4 Å². The first-order chi connectivity index (χ1) is 13.8. The summed E-state index contributed by atoms with van der Waals surface area (Å²) in [6.07, 6.45) is 0. The molecule has 2 N–H and O–H groups in total. The highest BCUT2D eigenvalue weighted by Crippen LogP contribution is 2.27. The second-order valence-electron chi connectivity index (χ2n) is 5.79. The average Bonchev–Trinajstić information content (AvgIpc) is 3.02. The summed E-state index contributed by atoms with van der Waals surface area (Å²) in [7, 11) is 2.81. The van der Waals surface area contributed by atoms with E-state index in [2.05, 4.69) is 25.3 Å². The number of fused-ring (bicyclic) bond motifs is 1. The van der Waals surface area contributed by atoms with Gasteiger partial charge in [0.05, 0.1) is 25.7 Å². The molecule has 0 aliphatic rings. The number of esters is 1. The second-order valence-corrected chi connectivity index (χ2v) is 6.79. The van der Waals surface area contributed by atoms with Crippen LogP contribution in [0.1, 0.15) is 21.1 Å². The maximum atomic E-state index is 12.4. The van der Waals surface area contributed by atoms with Crippen molar-refractivity contribution in [2.75, 3.05) is 26.1 Å². The number of amides is 1. The summed E-state index contributed by atoms with van der Waals surface area (Å²) in [5.41, 5.74) is 0.118. The lowest BCUT2D eigenvalue weighted by atomic mass is 10.2. The molecule has 0 bridgehead atoms. The molecule has 0 aromatic carbocycles. The molecule has 29 heavy (non-hydrogen) atoms. The molecule has 0 saturated carbocycles. The van der Waals surface area contributed by atoms with Crippen molar-refractivity contribution in [1.29, 1.82) is 0 Å². The van der Waals surface area contributed by atoms with Crippen LogP contribution in [0, 0.1) is 13.8 Å². The minimum atomic E-state index is -0.734. The number of carbonyl (C=O) groups is 2. The standard InChI is InChI=1S/C17H17N5O6S/c1-7-12-14(24)18-8(2)19-15(12)29-13(7)16(25)28-6-9(23)20-17-21-10(26-3)5-11(22-17)27-4/h5H,6H2,1-4H3,(H,18,19,24)(H,20,21,22,23). The van der Waals surface area contributed by atoms with Gasteiger partial charge in [-0.2, -0.15) is 9.97 Å². The van der Waals surface area contributed by atoms with Gasteiger partial charge in [0.25, 0.3) is 11.5 Å². The van der Waals surface area contributed by atoms with Gasteiger partial charge in [0.1, 0.15) is 15.5 Å². The summed E-state index contributed by atoms with van der Waals surface area (Å²) in [5.74, 6) is -0.625. The average molecular weight is 419 g/mol. The molecule has 3 heterocycles. The van der Waals surface area contributed by atoms with Crippen LogP contribution in [0.5, 0.6) is 11.8 Å². The number of nitrogens with zero attached hydrogens (tertiary/aromatic N) is 3. The molecule has 3 rings (SSSR count). The second kappa shape index (κ2) is 8.22. The Labute approximate surface area is 168 Å². The largest absolute Gasteiger partial charge is 0.481 e. The van der Waals surface area contributed by atoms with Crippen LogP contribution in [-0.2, 0) is 9.53 Å². The maximum Gasteiger partial charge on any atom is 0.349 e. The zero-order chi connectivity index (χ0) is 21.1. The molecule has 152 valence electrons. The van der Waals surface area contributed by atoms with Crippen LogP contribution < -0.4 is 20.3 Å². The summed E-state index contributed by atoms with van der Waals surface area (Å²) in [4.78, 5) is 51.9. The molecule has 11 nitrogen and oxygen atoms in total. The summed E-state index contributed by atoms with van der Waals surface area (Å²) in [5, 5.41) is 2.72. The van der Waals surface area contributed by atoms with E-state index in [0.29, 0.717) is 21.6 Å². The number of aromatic amines is 1. The lowest BCUT2D eigenvalue weighted by molar-refractivity contribution is -0.119. The number of rotatable bonds is 6. The molecule has 0 fully saturated rings. The number of hydrogen-bond acceptors (Lipinski definition) is 10. The van der Waals surface area contributed by atoms with Gasteiger partial charge in [-0.3, -0.25) is 14.9 Å². The molecule has 0 radical (unpaired) electrons. The molecular weight excluding hydrogens is 402 g/mol. The van der Waals surface area contributed by atoms with Crippen molar-refractivity contribution < 1.29 is 23.8 Å². The smallest absolute Gasteiger partial charge is 0.349 e. The van der Waals surface area contributed by atoms with Crippen LogP contribution in [0.3, 0.4) is 0 Å². The highest BCUT2D eigenvalue weighted by molar-refractivity contribution is 7.20. The van der Waals surface area contributed by atoms with Crippen molar-refractivity contribution in [3.8, 4) is 11.8 Å². The molecule has 0 saturated heterocycles. The maximum absolute atomic E-state index is 12.4. The van der Waals surface area contributed by atoms with E-state index >= 15 is 0 Å². The third kappa shape index (κ3) is 4.32. The van der Waals surface area contributed by atoms with Gasteiger partial charge in [0.15, 0.2) is 6.61 Å². The number of anilines is 1. The van der Waals surface area contributed by atoms with Crippen molar-refractivity contribution in [3.63, 3.8) is 0 Å². The van der Waals surface area contributed by atoms with Gasteiger partial charge in [-0.1, -0.05) is 0 Å². The Morgan fingerprint density at radius 3 is 2.41 bits per heavy atom. The number of hydrogen-bond donors (Lipinski definition) is 2. The third-order valence-electron chi connectivity index (χ3n) is 3.79. The van der Waals surface area contributed by atoms with Gasteiger partial charge in [-0.15, -0.1) is 11.3 Å². The number of carbonyl (C=O) groups excluding carboxylic acids is 2. The number of thiophene rings is 1. The Bertz CT molecular complexity index is 1130. The van der Waals surface area contributed by atoms with Gasteiger partial charge in [-0.25, -0.2) is 9.78 Å². The predicted molar refractivity (Wildman–Crippen MR) is 104 cm³/mol. The lowest BCUT2D eigenvalue weighted by Crippen LogP contribution is -2.22. The van der Waals surface area contributed by atoms with Crippen LogP contribution in [0.15, 0.2) is 10.9 Å². The first-order valence-corrected chi connectivity index (χ1v) is 9.08. The molecule has 0 unspecified atom stereocenters. The van der Waals surface area contributed by atoms with Crippen LogP contribution >= 0.6 is 11.3 Å². The number of nitrogens with one attached hydrogen (secondary N) is 2. The number of methoxy groups -OCH3 is 2. The minimum Gasteiger partial charge on any atom is -0.481 e. The third-order valence-corrected chi connectivity index (χ3v) is 4.95. The zero-order valence-electron chi connectivity index (χ0n) is 16.0. The quantitative estimate of drug-likeness (QED) is 0.563. The Morgan fingerprint density at radius 1 is 1.14 bits per heavy atom. The van der Waals surface area contributed by atoms with E-state index in [1.54, 1.807) is 13.8 Å². The van der Waals surface area contributed by atoms with E-state index in [9.17, 15) is 14.4 Å². The van der Waals surface area contributed by atoms with E-state index in [1.165, 1.54) is 20.3 Å². The summed E-state index contributed by atoms with van der Waals surface area (Å²) < 4.78 is 15.0. The molecule has 0 atom stereocenters. The highest BCUT2D eigenvalue weighted by Gasteiger charge is 2.21. The van der Waals surface area contributed by atoms with Gasteiger partial charge >= 0.3 is 5.97 Å². The first kappa shape index (κ1) is 20.2. The topological polar surface area (TPSA) is 145 Å². The van der Waals surface area contributed by atoms with Crippen LogP contribution in [0.2, 0.25) is 0 Å². The Kier molecular flexibility index (Phi) is 5.73. The number of H-pyrrole nitrogens is 1. The van der Waals surface area contributed by atoms with E-state index < -0.39 is 18.5 Å². The lowest BCUT2D eigenvalue weighted by Gasteiger charge is -2.08. The van der Waals surface area contributed by atoms with Crippen LogP contribution in [0.25, 0.3) is 10.2 Å². The molecule has 1 amide bonds. The van der Waals surface area contributed by atoms with E-state index in [4.69, 9.17) is 14.2 Å². The number of aryl methyl sites for hydroxylation is 2. The first-order valence-electron chi connectivity index (χ1n) is 8.26. The van der Waals surface area contributed by atoms with Gasteiger partial charge in [-0.05, 0) is 19.4 Å². The Balaban J connectivity index is 1.70. The fourth-order valence-electron chi connectivity index (χ4n) is 2.47. The summed E-state index contributed by atoms with van der Waals surface area (Å²) in [6.45, 7) is 2.70. The minimum absolute atomic E-state index is 0.0634. The SMILES string of the molecule is COc1cc(OC)nc(NC(=O)COC(=O)c2sc3nc(C)[nH]c(=O)c3c2C)n1. The van der Waals surface area contributed by atoms with Gasteiger partial charge in [0, 0.05) is 0 Å². The summed E-state index contributed by atoms with van der Waals surface area (Å²) >= 11 is 1.03. The number of ether oxygens (including phenoxy) is 3.